The van der Waals surface area contributed by atoms with E-state index in [1.807, 2.05) is 48.5 Å². The van der Waals surface area contributed by atoms with E-state index in [2.05, 4.69) is 22.3 Å². The molecule has 0 bridgehead atoms. The standard InChI is InChI=1S/C31H40N4O4/c1-30(2,32)28(37)33-26(20-39-19-23-11-7-4-8-12-23)27(36)34-16-15-24-18-35(25-13-14-25)29(38)31(24,21-34)17-22-9-5-3-6-10-22/h3-12,24-26H,13-21,32H2,1-2H3,(H,33,37)/t24?,26-,31?/m1/s1. The van der Waals surface area contributed by atoms with Gasteiger partial charge in [-0.05, 0) is 56.6 Å². The number of ether oxygens (including phenoxy) is 1. The first-order valence-electron chi connectivity index (χ1n) is 14.0. The molecule has 208 valence electrons. The zero-order chi connectivity index (χ0) is 27.6. The number of benzene rings is 2. The monoisotopic (exact) mass is 532 g/mol. The number of fused-ring (bicyclic) bond motifs is 1. The predicted octanol–water partition coefficient (Wildman–Crippen LogP) is 2.51. The second-order valence-electron chi connectivity index (χ2n) is 12.0. The highest BCUT2D eigenvalue weighted by atomic mass is 16.5. The lowest BCUT2D eigenvalue weighted by Crippen LogP contribution is -2.61. The Morgan fingerprint density at radius 2 is 1.69 bits per heavy atom. The number of rotatable bonds is 10. The van der Waals surface area contributed by atoms with Gasteiger partial charge in [0.2, 0.25) is 17.7 Å². The molecule has 3 N–H and O–H groups in total. The fourth-order valence-corrected chi connectivity index (χ4v) is 5.98. The lowest BCUT2D eigenvalue weighted by molar-refractivity contribution is -0.148. The molecule has 3 aliphatic rings. The van der Waals surface area contributed by atoms with Crippen molar-refractivity contribution in [3.8, 4) is 0 Å². The van der Waals surface area contributed by atoms with Crippen LogP contribution < -0.4 is 11.1 Å². The smallest absolute Gasteiger partial charge is 0.247 e. The number of carbonyl (C=O) groups excluding carboxylic acids is 3. The number of nitrogens with one attached hydrogen (secondary N) is 1. The van der Waals surface area contributed by atoms with Crippen molar-refractivity contribution in [3.63, 3.8) is 0 Å². The molecule has 5 rings (SSSR count). The minimum Gasteiger partial charge on any atom is -0.374 e. The van der Waals surface area contributed by atoms with E-state index in [-0.39, 0.29) is 24.3 Å². The van der Waals surface area contributed by atoms with Gasteiger partial charge in [-0.1, -0.05) is 60.7 Å². The van der Waals surface area contributed by atoms with Crippen LogP contribution in [-0.4, -0.2) is 71.4 Å². The Kier molecular flexibility index (Phi) is 7.78. The van der Waals surface area contributed by atoms with Crippen molar-refractivity contribution < 1.29 is 19.1 Å². The van der Waals surface area contributed by atoms with Crippen LogP contribution in [0.2, 0.25) is 0 Å². The number of carbonyl (C=O) groups is 3. The fourth-order valence-electron chi connectivity index (χ4n) is 5.98. The number of nitrogens with two attached hydrogens (primary N) is 1. The van der Waals surface area contributed by atoms with Gasteiger partial charge >= 0.3 is 0 Å². The highest BCUT2D eigenvalue weighted by Crippen LogP contribution is 2.48. The van der Waals surface area contributed by atoms with Gasteiger partial charge in [0.05, 0.1) is 24.2 Å². The van der Waals surface area contributed by atoms with E-state index >= 15 is 0 Å². The Balaban J connectivity index is 1.36. The van der Waals surface area contributed by atoms with Crippen LogP contribution in [-0.2, 0) is 32.1 Å². The average Bonchev–Trinajstić information content (AvgIpc) is 3.73. The summed E-state index contributed by atoms with van der Waals surface area (Å²) in [7, 11) is 0. The Morgan fingerprint density at radius 1 is 1.05 bits per heavy atom. The first kappa shape index (κ1) is 27.3. The van der Waals surface area contributed by atoms with Gasteiger partial charge in [-0.3, -0.25) is 14.4 Å². The number of hydrogen-bond donors (Lipinski definition) is 2. The summed E-state index contributed by atoms with van der Waals surface area (Å²) >= 11 is 0. The summed E-state index contributed by atoms with van der Waals surface area (Å²) in [6.45, 7) is 5.20. The summed E-state index contributed by atoms with van der Waals surface area (Å²) in [6.07, 6.45) is 3.47. The Bertz CT molecular complexity index is 1180. The van der Waals surface area contributed by atoms with Gasteiger partial charge in [0, 0.05) is 25.7 Å². The van der Waals surface area contributed by atoms with E-state index in [4.69, 9.17) is 10.5 Å². The third-order valence-corrected chi connectivity index (χ3v) is 8.35. The van der Waals surface area contributed by atoms with Crippen molar-refractivity contribution in [2.75, 3.05) is 26.2 Å². The molecule has 2 aromatic rings. The molecule has 2 aliphatic heterocycles. The van der Waals surface area contributed by atoms with Gasteiger partial charge in [0.1, 0.15) is 6.04 Å². The van der Waals surface area contributed by atoms with Gasteiger partial charge < -0.3 is 25.6 Å². The number of hydrogen-bond acceptors (Lipinski definition) is 5. The number of piperidine rings is 1. The van der Waals surface area contributed by atoms with Crippen LogP contribution in [0.5, 0.6) is 0 Å². The molecule has 3 amide bonds. The van der Waals surface area contributed by atoms with Crippen LogP contribution >= 0.6 is 0 Å². The lowest BCUT2D eigenvalue weighted by atomic mass is 9.69. The largest absolute Gasteiger partial charge is 0.374 e. The van der Waals surface area contributed by atoms with E-state index in [0.29, 0.717) is 32.2 Å². The van der Waals surface area contributed by atoms with E-state index < -0.39 is 22.9 Å². The van der Waals surface area contributed by atoms with Crippen molar-refractivity contribution in [3.05, 3.63) is 71.8 Å². The van der Waals surface area contributed by atoms with Crippen LogP contribution in [0.25, 0.3) is 0 Å². The van der Waals surface area contributed by atoms with Crippen molar-refractivity contribution >= 4 is 17.7 Å². The lowest BCUT2D eigenvalue weighted by Gasteiger charge is -2.44. The first-order chi connectivity index (χ1) is 18.7. The predicted molar refractivity (Wildman–Crippen MR) is 148 cm³/mol. The molecule has 0 aromatic heterocycles. The Labute approximate surface area is 230 Å². The van der Waals surface area contributed by atoms with Crippen molar-refractivity contribution in [2.24, 2.45) is 17.1 Å². The minimum absolute atomic E-state index is 0.0172. The molecule has 8 heteroatoms. The molecule has 1 saturated carbocycles. The van der Waals surface area contributed by atoms with Crippen molar-refractivity contribution in [2.45, 2.75) is 63.8 Å². The molecule has 8 nitrogen and oxygen atoms in total. The molecule has 0 radical (unpaired) electrons. The molecule has 39 heavy (non-hydrogen) atoms. The highest BCUT2D eigenvalue weighted by molar-refractivity contribution is 5.92. The van der Waals surface area contributed by atoms with Crippen LogP contribution in [0.4, 0.5) is 0 Å². The quantitative estimate of drug-likeness (QED) is 0.489. The molecule has 3 atom stereocenters. The maximum Gasteiger partial charge on any atom is 0.247 e. The SMILES string of the molecule is CC(C)(N)C(=O)N[C@H](COCc1ccccc1)C(=O)N1CCC2CN(C3CC3)C(=O)C2(Cc2ccccc2)C1. The van der Waals surface area contributed by atoms with Crippen LogP contribution in [0.15, 0.2) is 60.7 Å². The number of amides is 3. The Morgan fingerprint density at radius 3 is 2.31 bits per heavy atom. The second kappa shape index (κ2) is 11.1. The van der Waals surface area contributed by atoms with Gasteiger partial charge in [-0.15, -0.1) is 0 Å². The number of nitrogens with zero attached hydrogens (tertiary/aromatic N) is 2. The second-order valence-corrected chi connectivity index (χ2v) is 12.0. The van der Waals surface area contributed by atoms with Gasteiger partial charge in [0.25, 0.3) is 0 Å². The van der Waals surface area contributed by atoms with Crippen molar-refractivity contribution in [1.82, 2.24) is 15.1 Å². The summed E-state index contributed by atoms with van der Waals surface area (Å²) in [5, 5.41) is 2.83. The highest BCUT2D eigenvalue weighted by Gasteiger charge is 2.59. The normalized spacial score (nSPS) is 23.9. The summed E-state index contributed by atoms with van der Waals surface area (Å²) in [5.74, 6) is -0.292. The van der Waals surface area contributed by atoms with Gasteiger partial charge in [-0.25, -0.2) is 0 Å². The van der Waals surface area contributed by atoms with Gasteiger partial charge in [0.15, 0.2) is 0 Å². The fraction of sp³-hybridized carbons (Fsp3) is 0.516. The summed E-state index contributed by atoms with van der Waals surface area (Å²) in [5.41, 5.74) is 6.31. The van der Waals surface area contributed by atoms with Gasteiger partial charge in [-0.2, -0.15) is 0 Å². The third kappa shape index (κ3) is 6.02. The maximum atomic E-state index is 14.0. The summed E-state index contributed by atoms with van der Waals surface area (Å²) in [4.78, 5) is 44.7. The van der Waals surface area contributed by atoms with E-state index in [1.165, 1.54) is 0 Å². The van der Waals surface area contributed by atoms with E-state index in [9.17, 15) is 14.4 Å². The molecule has 0 spiro atoms. The molecular weight excluding hydrogens is 492 g/mol. The number of likely N-dealkylation sites (tertiary alicyclic amines) is 2. The summed E-state index contributed by atoms with van der Waals surface area (Å²) < 4.78 is 5.91. The molecule has 2 unspecified atom stereocenters. The third-order valence-electron chi connectivity index (χ3n) is 8.35. The zero-order valence-electron chi connectivity index (χ0n) is 23.0. The maximum absolute atomic E-state index is 14.0. The van der Waals surface area contributed by atoms with E-state index in [0.717, 1.165) is 36.9 Å². The topological polar surface area (TPSA) is 105 Å². The average molecular weight is 533 g/mol. The molecular formula is C31H40N4O4. The minimum atomic E-state index is -1.15. The van der Waals surface area contributed by atoms with E-state index in [1.54, 1.807) is 18.7 Å². The molecule has 2 heterocycles. The molecule has 1 aliphatic carbocycles. The Hall–Kier alpha value is -3.23. The molecule has 2 aromatic carbocycles. The van der Waals surface area contributed by atoms with Crippen LogP contribution in [0.3, 0.4) is 0 Å². The molecule has 3 fully saturated rings. The van der Waals surface area contributed by atoms with Crippen LogP contribution in [0, 0.1) is 11.3 Å². The zero-order valence-corrected chi connectivity index (χ0v) is 23.0. The first-order valence-corrected chi connectivity index (χ1v) is 14.0. The van der Waals surface area contributed by atoms with Crippen molar-refractivity contribution in [1.29, 1.82) is 0 Å². The van der Waals surface area contributed by atoms with Crippen LogP contribution in [0.1, 0.15) is 44.2 Å². The molecule has 2 saturated heterocycles. The summed E-state index contributed by atoms with van der Waals surface area (Å²) in [6, 6.07) is 19.2.